The lowest BCUT2D eigenvalue weighted by molar-refractivity contribution is -0.122. The second-order valence-corrected chi connectivity index (χ2v) is 8.13. The number of carbonyl (C=O) groups is 2. The normalized spacial score (nSPS) is 15.8. The second-order valence-electron chi connectivity index (χ2n) is 7.72. The molecule has 3 aromatic carbocycles. The highest BCUT2D eigenvalue weighted by Crippen LogP contribution is 2.32. The van der Waals surface area contributed by atoms with Gasteiger partial charge in [0.15, 0.2) is 0 Å². The molecule has 1 aliphatic rings. The van der Waals surface area contributed by atoms with Crippen molar-refractivity contribution in [3.8, 4) is 11.5 Å². The number of amides is 2. The minimum atomic E-state index is -0.422. The molecule has 1 N–H and O–H groups in total. The summed E-state index contributed by atoms with van der Waals surface area (Å²) in [6.07, 6.45) is 0.173. The van der Waals surface area contributed by atoms with Gasteiger partial charge in [-0.2, -0.15) is 0 Å². The summed E-state index contributed by atoms with van der Waals surface area (Å²) in [4.78, 5) is 26.9. The van der Waals surface area contributed by atoms with Gasteiger partial charge in [0.05, 0.1) is 5.92 Å². The molecular formula is C25H23ClN2O3. The molecule has 1 atom stereocenters. The van der Waals surface area contributed by atoms with Crippen molar-refractivity contribution in [1.29, 1.82) is 0 Å². The summed E-state index contributed by atoms with van der Waals surface area (Å²) in [5.74, 6) is 0.768. The van der Waals surface area contributed by atoms with E-state index in [1.165, 1.54) is 0 Å². The van der Waals surface area contributed by atoms with Gasteiger partial charge in [0.25, 0.3) is 0 Å². The van der Waals surface area contributed by atoms with Crippen LogP contribution >= 0.6 is 11.6 Å². The van der Waals surface area contributed by atoms with Crippen LogP contribution in [-0.2, 0) is 9.59 Å². The minimum absolute atomic E-state index is 0.0765. The number of anilines is 2. The molecule has 6 heteroatoms. The van der Waals surface area contributed by atoms with Gasteiger partial charge in [-0.05, 0) is 73.5 Å². The summed E-state index contributed by atoms with van der Waals surface area (Å²) < 4.78 is 5.84. The second kappa shape index (κ2) is 8.82. The van der Waals surface area contributed by atoms with Gasteiger partial charge in [-0.15, -0.1) is 0 Å². The molecule has 0 saturated carbocycles. The number of hydrogen-bond acceptors (Lipinski definition) is 3. The zero-order valence-electron chi connectivity index (χ0n) is 17.4. The molecule has 0 aromatic heterocycles. The van der Waals surface area contributed by atoms with E-state index in [-0.39, 0.29) is 18.2 Å². The van der Waals surface area contributed by atoms with Crippen LogP contribution in [0, 0.1) is 19.8 Å². The largest absolute Gasteiger partial charge is 0.457 e. The highest BCUT2D eigenvalue weighted by molar-refractivity contribution is 6.31. The molecule has 31 heavy (non-hydrogen) atoms. The Morgan fingerprint density at radius 3 is 2.52 bits per heavy atom. The van der Waals surface area contributed by atoms with Gasteiger partial charge in [0.2, 0.25) is 11.8 Å². The molecule has 0 radical (unpaired) electrons. The molecule has 0 bridgehead atoms. The number of benzene rings is 3. The van der Waals surface area contributed by atoms with Crippen LogP contribution in [0.25, 0.3) is 0 Å². The first-order chi connectivity index (χ1) is 14.9. The number of ether oxygens (including phenoxy) is 1. The Labute approximate surface area is 186 Å². The summed E-state index contributed by atoms with van der Waals surface area (Å²) in [7, 11) is 0. The van der Waals surface area contributed by atoms with Crippen molar-refractivity contribution >= 4 is 34.8 Å². The third kappa shape index (κ3) is 4.72. The van der Waals surface area contributed by atoms with Gasteiger partial charge >= 0.3 is 0 Å². The molecule has 1 aliphatic heterocycles. The zero-order valence-corrected chi connectivity index (χ0v) is 18.1. The van der Waals surface area contributed by atoms with Crippen LogP contribution in [0.15, 0.2) is 66.7 Å². The fourth-order valence-corrected chi connectivity index (χ4v) is 3.84. The van der Waals surface area contributed by atoms with Crippen molar-refractivity contribution in [3.05, 3.63) is 82.9 Å². The maximum absolute atomic E-state index is 12.8. The lowest BCUT2D eigenvalue weighted by atomic mass is 10.1. The van der Waals surface area contributed by atoms with Crippen molar-refractivity contribution < 1.29 is 14.3 Å². The molecule has 5 nitrogen and oxygen atoms in total. The molecule has 0 aliphatic carbocycles. The van der Waals surface area contributed by atoms with E-state index < -0.39 is 5.92 Å². The van der Waals surface area contributed by atoms with E-state index in [9.17, 15) is 9.59 Å². The summed E-state index contributed by atoms with van der Waals surface area (Å²) in [5, 5.41) is 3.51. The number of aryl methyl sites for hydroxylation is 1. The summed E-state index contributed by atoms with van der Waals surface area (Å²) >= 11 is 6.19. The van der Waals surface area contributed by atoms with Gasteiger partial charge < -0.3 is 15.0 Å². The van der Waals surface area contributed by atoms with Crippen molar-refractivity contribution in [2.75, 3.05) is 16.8 Å². The van der Waals surface area contributed by atoms with Gasteiger partial charge in [-0.1, -0.05) is 29.8 Å². The fourth-order valence-electron chi connectivity index (χ4n) is 3.67. The number of halogens is 1. The molecule has 0 unspecified atom stereocenters. The standard InChI is InChI=1S/C25H23ClN2O3/c1-16-5-3-6-21(13-16)31-20-11-9-19(10-12-20)27-25(30)18-14-24(29)28(15-18)23-8-4-7-22(26)17(23)2/h3-13,18H,14-15H2,1-2H3,(H,27,30)/t18-/m0/s1. The molecule has 4 rings (SSSR count). The van der Waals surface area contributed by atoms with E-state index in [1.807, 2.05) is 50.2 Å². The predicted octanol–water partition coefficient (Wildman–Crippen LogP) is 5.74. The number of carbonyl (C=O) groups excluding carboxylic acids is 2. The monoisotopic (exact) mass is 434 g/mol. The van der Waals surface area contributed by atoms with E-state index in [0.29, 0.717) is 23.0 Å². The first-order valence-corrected chi connectivity index (χ1v) is 10.5. The highest BCUT2D eigenvalue weighted by atomic mass is 35.5. The first kappa shape index (κ1) is 20.9. The Balaban J connectivity index is 1.39. The van der Waals surface area contributed by atoms with Gasteiger partial charge in [0, 0.05) is 29.4 Å². The predicted molar refractivity (Wildman–Crippen MR) is 123 cm³/mol. The molecule has 1 heterocycles. The van der Waals surface area contributed by atoms with Gasteiger partial charge in [-0.3, -0.25) is 9.59 Å². The number of nitrogens with one attached hydrogen (secondary N) is 1. The Morgan fingerprint density at radius 1 is 1.03 bits per heavy atom. The van der Waals surface area contributed by atoms with Crippen LogP contribution in [0.5, 0.6) is 11.5 Å². The van der Waals surface area contributed by atoms with E-state index >= 15 is 0 Å². The molecule has 3 aromatic rings. The number of nitrogens with zero attached hydrogens (tertiary/aromatic N) is 1. The maximum Gasteiger partial charge on any atom is 0.229 e. The zero-order chi connectivity index (χ0) is 22.0. The minimum Gasteiger partial charge on any atom is -0.457 e. The topological polar surface area (TPSA) is 58.6 Å². The summed E-state index contributed by atoms with van der Waals surface area (Å²) in [6.45, 7) is 4.22. The fraction of sp³-hybridized carbons (Fsp3) is 0.200. The Morgan fingerprint density at radius 2 is 1.77 bits per heavy atom. The molecule has 1 saturated heterocycles. The van der Waals surface area contributed by atoms with Crippen LogP contribution < -0.4 is 15.0 Å². The molecule has 0 spiro atoms. The Hall–Kier alpha value is -3.31. The van der Waals surface area contributed by atoms with Crippen LogP contribution in [0.3, 0.4) is 0 Å². The van der Waals surface area contributed by atoms with Crippen molar-refractivity contribution in [2.45, 2.75) is 20.3 Å². The smallest absolute Gasteiger partial charge is 0.229 e. The van der Waals surface area contributed by atoms with E-state index in [2.05, 4.69) is 5.32 Å². The molecule has 2 amide bonds. The Kier molecular flexibility index (Phi) is 5.96. The first-order valence-electron chi connectivity index (χ1n) is 10.1. The van der Waals surface area contributed by atoms with Crippen LogP contribution in [0.1, 0.15) is 17.5 Å². The van der Waals surface area contributed by atoms with Crippen molar-refractivity contribution in [2.24, 2.45) is 5.92 Å². The van der Waals surface area contributed by atoms with Crippen LogP contribution in [0.2, 0.25) is 5.02 Å². The summed E-state index contributed by atoms with van der Waals surface area (Å²) in [6, 6.07) is 20.4. The van der Waals surface area contributed by atoms with Crippen molar-refractivity contribution in [3.63, 3.8) is 0 Å². The average molecular weight is 435 g/mol. The molecule has 158 valence electrons. The lowest BCUT2D eigenvalue weighted by Crippen LogP contribution is -2.28. The Bertz CT molecular complexity index is 1130. The maximum atomic E-state index is 12.8. The van der Waals surface area contributed by atoms with Gasteiger partial charge in [-0.25, -0.2) is 0 Å². The average Bonchev–Trinajstić information content (AvgIpc) is 3.13. The third-order valence-electron chi connectivity index (χ3n) is 5.37. The number of hydrogen-bond donors (Lipinski definition) is 1. The van der Waals surface area contributed by atoms with E-state index in [4.69, 9.17) is 16.3 Å². The summed E-state index contributed by atoms with van der Waals surface area (Å²) in [5.41, 5.74) is 3.37. The lowest BCUT2D eigenvalue weighted by Gasteiger charge is -2.19. The quantitative estimate of drug-likeness (QED) is 0.557. The van der Waals surface area contributed by atoms with Crippen molar-refractivity contribution in [1.82, 2.24) is 0 Å². The van der Waals surface area contributed by atoms with E-state index in [0.717, 1.165) is 22.6 Å². The third-order valence-corrected chi connectivity index (χ3v) is 5.78. The van der Waals surface area contributed by atoms with Gasteiger partial charge in [0.1, 0.15) is 11.5 Å². The van der Waals surface area contributed by atoms with Crippen LogP contribution in [-0.4, -0.2) is 18.4 Å². The highest BCUT2D eigenvalue weighted by Gasteiger charge is 2.35. The molecular weight excluding hydrogens is 412 g/mol. The van der Waals surface area contributed by atoms with E-state index in [1.54, 1.807) is 35.2 Å². The SMILES string of the molecule is Cc1cccc(Oc2ccc(NC(=O)[C@H]3CC(=O)N(c4cccc(Cl)c4C)C3)cc2)c1. The van der Waals surface area contributed by atoms with Crippen LogP contribution in [0.4, 0.5) is 11.4 Å². The molecule has 1 fully saturated rings. The number of rotatable bonds is 5.